The Bertz CT molecular complexity index is 618. The van der Waals surface area contributed by atoms with Crippen molar-refractivity contribution in [2.45, 2.75) is 19.8 Å². The van der Waals surface area contributed by atoms with Crippen molar-refractivity contribution in [3.8, 4) is 0 Å². The number of benzene rings is 1. The first kappa shape index (κ1) is 16.5. The number of nitrogens with zero attached hydrogens (tertiary/aromatic N) is 1. The average Bonchev–Trinajstić information content (AvgIpc) is 2.49. The van der Waals surface area contributed by atoms with Crippen molar-refractivity contribution < 1.29 is 13.2 Å². The molecular weight excluding hydrogens is 356 g/mol. The van der Waals surface area contributed by atoms with E-state index in [2.05, 4.69) is 21.2 Å². The molecule has 1 atom stereocenters. The van der Waals surface area contributed by atoms with Gasteiger partial charge in [-0.15, -0.1) is 0 Å². The molecule has 21 heavy (non-hydrogen) atoms. The number of amides is 1. The van der Waals surface area contributed by atoms with E-state index < -0.39 is 10.0 Å². The summed E-state index contributed by atoms with van der Waals surface area (Å²) in [5.74, 6) is -0.351. The molecule has 0 saturated carbocycles. The number of hydrogen-bond donors (Lipinski definition) is 1. The molecule has 0 unspecified atom stereocenters. The van der Waals surface area contributed by atoms with Crippen LogP contribution in [0.1, 0.15) is 19.8 Å². The Balaban J connectivity index is 2.05. The third-order valence-electron chi connectivity index (χ3n) is 3.64. The lowest BCUT2D eigenvalue weighted by molar-refractivity contribution is -0.120. The van der Waals surface area contributed by atoms with Gasteiger partial charge in [0.05, 0.1) is 17.4 Å². The Morgan fingerprint density at radius 1 is 1.43 bits per heavy atom. The smallest absolute Gasteiger partial charge is 0.228 e. The summed E-state index contributed by atoms with van der Waals surface area (Å²) in [4.78, 5) is 12.3. The molecule has 1 heterocycles. The highest BCUT2D eigenvalue weighted by atomic mass is 79.9. The number of para-hydroxylation sites is 1. The number of carbonyl (C=O) groups is 1. The van der Waals surface area contributed by atoms with Crippen molar-refractivity contribution in [2.24, 2.45) is 5.92 Å². The van der Waals surface area contributed by atoms with Gasteiger partial charge in [0.2, 0.25) is 15.9 Å². The zero-order valence-electron chi connectivity index (χ0n) is 11.9. The van der Waals surface area contributed by atoms with Crippen molar-refractivity contribution in [2.75, 3.05) is 24.2 Å². The first-order valence-corrected chi connectivity index (χ1v) is 9.37. The summed E-state index contributed by atoms with van der Waals surface area (Å²) in [5.41, 5.74) is 0.706. The molecular formula is C14H19BrN2O3S. The van der Waals surface area contributed by atoms with Crippen LogP contribution in [-0.4, -0.2) is 37.5 Å². The molecule has 0 aliphatic carbocycles. The van der Waals surface area contributed by atoms with Crippen LogP contribution in [0.3, 0.4) is 0 Å². The third kappa shape index (κ3) is 4.05. The van der Waals surface area contributed by atoms with Crippen LogP contribution in [0.5, 0.6) is 0 Å². The van der Waals surface area contributed by atoms with Gasteiger partial charge in [-0.25, -0.2) is 12.7 Å². The number of piperidine rings is 1. The lowest BCUT2D eigenvalue weighted by Crippen LogP contribution is -2.44. The van der Waals surface area contributed by atoms with Crippen molar-refractivity contribution in [3.63, 3.8) is 0 Å². The molecule has 5 nitrogen and oxygen atoms in total. The predicted molar refractivity (Wildman–Crippen MR) is 86.5 cm³/mol. The molecule has 1 aromatic rings. The van der Waals surface area contributed by atoms with E-state index in [1.54, 1.807) is 6.92 Å². The van der Waals surface area contributed by atoms with Crippen molar-refractivity contribution in [1.29, 1.82) is 0 Å². The van der Waals surface area contributed by atoms with Gasteiger partial charge >= 0.3 is 0 Å². The topological polar surface area (TPSA) is 66.5 Å². The van der Waals surface area contributed by atoms with Gasteiger partial charge < -0.3 is 5.32 Å². The average molecular weight is 375 g/mol. The summed E-state index contributed by atoms with van der Waals surface area (Å²) < 4.78 is 26.1. The van der Waals surface area contributed by atoms with Crippen molar-refractivity contribution in [3.05, 3.63) is 28.7 Å². The highest BCUT2D eigenvalue weighted by molar-refractivity contribution is 9.10. The SMILES string of the molecule is CCS(=O)(=O)N1CCC[C@H](C(=O)Nc2ccccc2Br)C1. The fourth-order valence-electron chi connectivity index (χ4n) is 2.39. The molecule has 1 amide bonds. The molecule has 1 N–H and O–H groups in total. The summed E-state index contributed by atoms with van der Waals surface area (Å²) in [5, 5.41) is 2.86. The summed E-state index contributed by atoms with van der Waals surface area (Å²) in [6.45, 7) is 2.40. The lowest BCUT2D eigenvalue weighted by atomic mass is 9.99. The molecule has 0 bridgehead atoms. The van der Waals surface area contributed by atoms with E-state index in [-0.39, 0.29) is 24.1 Å². The number of anilines is 1. The van der Waals surface area contributed by atoms with Crippen molar-refractivity contribution >= 4 is 37.5 Å². The summed E-state index contributed by atoms with van der Waals surface area (Å²) in [6.07, 6.45) is 1.43. The molecule has 7 heteroatoms. The second kappa shape index (κ2) is 6.89. The molecule has 1 aliphatic rings. The van der Waals surface area contributed by atoms with Gasteiger partial charge in [-0.2, -0.15) is 0 Å². The van der Waals surface area contributed by atoms with Gasteiger partial charge in [0.15, 0.2) is 0 Å². The normalized spacial score (nSPS) is 20.2. The second-order valence-electron chi connectivity index (χ2n) is 5.07. The Hall–Kier alpha value is -0.920. The zero-order valence-corrected chi connectivity index (χ0v) is 14.3. The molecule has 1 saturated heterocycles. The van der Waals surface area contributed by atoms with Crippen LogP contribution in [-0.2, 0) is 14.8 Å². The zero-order chi connectivity index (χ0) is 15.5. The van der Waals surface area contributed by atoms with Crippen LogP contribution in [0.25, 0.3) is 0 Å². The third-order valence-corrected chi connectivity index (χ3v) is 6.18. The van der Waals surface area contributed by atoms with E-state index in [4.69, 9.17) is 0 Å². The first-order chi connectivity index (χ1) is 9.94. The van der Waals surface area contributed by atoms with Crippen molar-refractivity contribution in [1.82, 2.24) is 4.31 Å². The maximum absolute atomic E-state index is 12.3. The van der Waals surface area contributed by atoms with Crippen LogP contribution in [0.15, 0.2) is 28.7 Å². The maximum atomic E-state index is 12.3. The molecule has 2 rings (SSSR count). The molecule has 1 aliphatic heterocycles. The maximum Gasteiger partial charge on any atom is 0.228 e. The van der Waals surface area contributed by atoms with Crippen LogP contribution < -0.4 is 5.32 Å². The Labute approximate surface area is 133 Å². The highest BCUT2D eigenvalue weighted by Gasteiger charge is 2.31. The monoisotopic (exact) mass is 374 g/mol. The number of hydrogen-bond acceptors (Lipinski definition) is 3. The van der Waals surface area contributed by atoms with Crippen LogP contribution >= 0.6 is 15.9 Å². The number of nitrogens with one attached hydrogen (secondary N) is 1. The Kier molecular flexibility index (Phi) is 5.40. The Morgan fingerprint density at radius 3 is 2.81 bits per heavy atom. The van der Waals surface area contributed by atoms with Crippen LogP contribution in [0.2, 0.25) is 0 Å². The van der Waals surface area contributed by atoms with Gasteiger partial charge in [-0.05, 0) is 47.8 Å². The lowest BCUT2D eigenvalue weighted by Gasteiger charge is -2.31. The molecule has 0 spiro atoms. The van der Waals surface area contributed by atoms with Gasteiger partial charge in [-0.3, -0.25) is 4.79 Å². The molecule has 116 valence electrons. The minimum Gasteiger partial charge on any atom is -0.325 e. The van der Waals surface area contributed by atoms with E-state index in [0.29, 0.717) is 25.1 Å². The van der Waals surface area contributed by atoms with E-state index in [0.717, 1.165) is 4.47 Å². The predicted octanol–water partition coefficient (Wildman–Crippen LogP) is 2.45. The van der Waals surface area contributed by atoms with Gasteiger partial charge in [0.25, 0.3) is 0 Å². The van der Waals surface area contributed by atoms with E-state index >= 15 is 0 Å². The molecule has 0 aromatic heterocycles. The molecule has 0 radical (unpaired) electrons. The fourth-order valence-corrected chi connectivity index (χ4v) is 3.95. The number of carbonyl (C=O) groups excluding carboxylic acids is 1. The summed E-state index contributed by atoms with van der Waals surface area (Å²) >= 11 is 3.38. The highest BCUT2D eigenvalue weighted by Crippen LogP contribution is 2.24. The second-order valence-corrected chi connectivity index (χ2v) is 8.18. The number of sulfonamides is 1. The Morgan fingerprint density at radius 2 is 2.14 bits per heavy atom. The van der Waals surface area contributed by atoms with E-state index in [9.17, 15) is 13.2 Å². The summed E-state index contributed by atoms with van der Waals surface area (Å²) in [6, 6.07) is 7.38. The van der Waals surface area contributed by atoms with Crippen LogP contribution in [0, 0.1) is 5.92 Å². The number of rotatable bonds is 4. The fraction of sp³-hybridized carbons (Fsp3) is 0.500. The molecule has 1 fully saturated rings. The van der Waals surface area contributed by atoms with Gasteiger partial charge in [0.1, 0.15) is 0 Å². The minimum atomic E-state index is -3.22. The quantitative estimate of drug-likeness (QED) is 0.879. The van der Waals surface area contributed by atoms with E-state index in [1.165, 1.54) is 4.31 Å². The van der Waals surface area contributed by atoms with Gasteiger partial charge in [-0.1, -0.05) is 12.1 Å². The standard InChI is InChI=1S/C14H19BrN2O3S/c1-2-21(19,20)17-9-5-6-11(10-17)14(18)16-13-8-4-3-7-12(13)15/h3-4,7-8,11H,2,5-6,9-10H2,1H3,(H,16,18)/t11-/m0/s1. The van der Waals surface area contributed by atoms with E-state index in [1.807, 2.05) is 24.3 Å². The molecule has 1 aromatic carbocycles. The minimum absolute atomic E-state index is 0.0750. The van der Waals surface area contributed by atoms with Crippen LogP contribution in [0.4, 0.5) is 5.69 Å². The number of halogens is 1. The first-order valence-electron chi connectivity index (χ1n) is 6.97. The largest absolute Gasteiger partial charge is 0.325 e. The van der Waals surface area contributed by atoms with Gasteiger partial charge in [0, 0.05) is 17.6 Å². The summed E-state index contributed by atoms with van der Waals surface area (Å²) in [7, 11) is -3.22.